The summed E-state index contributed by atoms with van der Waals surface area (Å²) in [7, 11) is 0. The van der Waals surface area contributed by atoms with Crippen LogP contribution in [0.25, 0.3) is 10.9 Å². The number of aromatic nitrogens is 1. The Hall–Kier alpha value is -2.50. The molecule has 0 aliphatic carbocycles. The second kappa shape index (κ2) is 5.87. The molecule has 1 aromatic heterocycles. The summed E-state index contributed by atoms with van der Waals surface area (Å²) < 4.78 is 0. The molecule has 0 saturated carbocycles. The number of carbonyl (C=O) groups excluding carboxylic acids is 2. The number of nitrogens with two attached hydrogens (primary N) is 1. The second-order valence-electron chi connectivity index (χ2n) is 5.19. The lowest BCUT2D eigenvalue weighted by atomic mass is 9.98. The molecule has 2 atom stereocenters. The Balaban J connectivity index is 2.23. The Labute approximate surface area is 122 Å². The quantitative estimate of drug-likeness (QED) is 0.669. The number of hydrogen-bond donors (Lipinski definition) is 4. The normalized spacial score (nSPS) is 13.8. The molecule has 21 heavy (non-hydrogen) atoms. The molecule has 6 nitrogen and oxygen atoms in total. The van der Waals surface area contributed by atoms with Crippen molar-refractivity contribution in [2.75, 3.05) is 0 Å². The van der Waals surface area contributed by atoms with E-state index in [1.165, 1.54) is 6.07 Å². The van der Waals surface area contributed by atoms with E-state index in [2.05, 4.69) is 10.3 Å². The molecule has 0 aliphatic heterocycles. The Bertz CT molecular complexity index is 678. The van der Waals surface area contributed by atoms with Crippen LogP contribution in [0.3, 0.4) is 0 Å². The van der Waals surface area contributed by atoms with E-state index in [0.29, 0.717) is 5.69 Å². The van der Waals surface area contributed by atoms with Crippen LogP contribution in [0.1, 0.15) is 30.8 Å². The number of amides is 2. The molecule has 112 valence electrons. The summed E-state index contributed by atoms with van der Waals surface area (Å²) in [6.45, 7) is 3.79. The van der Waals surface area contributed by atoms with Crippen LogP contribution >= 0.6 is 0 Å². The average molecular weight is 289 g/mol. The van der Waals surface area contributed by atoms with Crippen LogP contribution < -0.4 is 11.1 Å². The lowest BCUT2D eigenvalue weighted by molar-refractivity contribution is -0.120. The summed E-state index contributed by atoms with van der Waals surface area (Å²) in [5, 5.41) is 12.8. The van der Waals surface area contributed by atoms with Gasteiger partial charge in [-0.15, -0.1) is 0 Å². The zero-order valence-electron chi connectivity index (χ0n) is 12.0. The molecule has 0 bridgehead atoms. The van der Waals surface area contributed by atoms with Gasteiger partial charge < -0.3 is 21.1 Å². The zero-order chi connectivity index (χ0) is 15.6. The molecular formula is C15H19N3O3. The second-order valence-corrected chi connectivity index (χ2v) is 5.19. The minimum absolute atomic E-state index is 0.0418. The van der Waals surface area contributed by atoms with Crippen LogP contribution in [0.2, 0.25) is 0 Å². The van der Waals surface area contributed by atoms with Gasteiger partial charge in [-0.3, -0.25) is 9.59 Å². The monoisotopic (exact) mass is 289 g/mol. The van der Waals surface area contributed by atoms with Crippen molar-refractivity contribution in [3.8, 4) is 5.75 Å². The minimum Gasteiger partial charge on any atom is -0.508 e. The van der Waals surface area contributed by atoms with Gasteiger partial charge in [-0.1, -0.05) is 20.3 Å². The molecule has 0 fully saturated rings. The van der Waals surface area contributed by atoms with Crippen LogP contribution in [0, 0.1) is 5.92 Å². The van der Waals surface area contributed by atoms with Crippen molar-refractivity contribution in [3.63, 3.8) is 0 Å². The predicted octanol–water partition coefficient (Wildman–Crippen LogP) is 1.50. The molecule has 0 saturated heterocycles. The minimum atomic E-state index is -0.706. The summed E-state index contributed by atoms with van der Waals surface area (Å²) in [5.74, 6) is -0.857. The summed E-state index contributed by atoms with van der Waals surface area (Å²) in [5.41, 5.74) is 6.40. The molecule has 2 aromatic rings. The highest BCUT2D eigenvalue weighted by atomic mass is 16.3. The Morgan fingerprint density at radius 2 is 2.10 bits per heavy atom. The summed E-state index contributed by atoms with van der Waals surface area (Å²) >= 11 is 0. The van der Waals surface area contributed by atoms with Crippen LogP contribution in [0.4, 0.5) is 0 Å². The number of carbonyl (C=O) groups is 2. The number of aromatic hydroxyl groups is 1. The van der Waals surface area contributed by atoms with E-state index in [4.69, 9.17) is 5.73 Å². The maximum Gasteiger partial charge on any atom is 0.268 e. The molecule has 5 N–H and O–H groups in total. The van der Waals surface area contributed by atoms with Gasteiger partial charge in [0.2, 0.25) is 5.91 Å². The molecule has 1 heterocycles. The molecular weight excluding hydrogens is 270 g/mol. The molecule has 1 aromatic carbocycles. The SMILES string of the molecule is CCC(C)C(NC(=O)c1cc2cc(O)ccc2[nH]1)C(N)=O. The maximum atomic E-state index is 12.2. The van der Waals surface area contributed by atoms with E-state index in [9.17, 15) is 14.7 Å². The Morgan fingerprint density at radius 1 is 1.38 bits per heavy atom. The molecule has 6 heteroatoms. The molecule has 0 radical (unpaired) electrons. The van der Waals surface area contributed by atoms with E-state index in [0.717, 1.165) is 17.3 Å². The van der Waals surface area contributed by atoms with Crippen molar-refractivity contribution in [3.05, 3.63) is 30.0 Å². The fourth-order valence-corrected chi connectivity index (χ4v) is 2.19. The lowest BCUT2D eigenvalue weighted by Crippen LogP contribution is -2.48. The van der Waals surface area contributed by atoms with Gasteiger partial charge in [-0.05, 0) is 30.2 Å². The third kappa shape index (κ3) is 3.16. The number of fused-ring (bicyclic) bond motifs is 1. The first-order valence-corrected chi connectivity index (χ1v) is 6.84. The summed E-state index contributed by atoms with van der Waals surface area (Å²) in [6, 6.07) is 5.69. The van der Waals surface area contributed by atoms with E-state index in [-0.39, 0.29) is 11.7 Å². The highest BCUT2D eigenvalue weighted by Gasteiger charge is 2.24. The highest BCUT2D eigenvalue weighted by molar-refractivity contribution is 6.00. The van der Waals surface area contributed by atoms with E-state index in [1.807, 2.05) is 13.8 Å². The average Bonchev–Trinajstić information content (AvgIpc) is 2.86. The number of phenols is 1. The first-order chi connectivity index (χ1) is 9.92. The van der Waals surface area contributed by atoms with Crippen LogP contribution in [-0.4, -0.2) is 27.9 Å². The van der Waals surface area contributed by atoms with Crippen LogP contribution in [0.5, 0.6) is 5.75 Å². The third-order valence-corrected chi connectivity index (χ3v) is 3.66. The summed E-state index contributed by atoms with van der Waals surface area (Å²) in [6.07, 6.45) is 0.731. The molecule has 2 unspecified atom stereocenters. The van der Waals surface area contributed by atoms with Crippen molar-refractivity contribution in [2.45, 2.75) is 26.3 Å². The number of aromatic amines is 1. The van der Waals surface area contributed by atoms with Gasteiger partial charge in [0, 0.05) is 10.9 Å². The van der Waals surface area contributed by atoms with Crippen molar-refractivity contribution in [1.82, 2.24) is 10.3 Å². The van der Waals surface area contributed by atoms with Crippen molar-refractivity contribution >= 4 is 22.7 Å². The van der Waals surface area contributed by atoms with Crippen LogP contribution in [-0.2, 0) is 4.79 Å². The predicted molar refractivity (Wildman–Crippen MR) is 79.9 cm³/mol. The van der Waals surface area contributed by atoms with Gasteiger partial charge >= 0.3 is 0 Å². The molecule has 2 rings (SSSR count). The standard InChI is InChI=1S/C15H19N3O3/c1-3-8(2)13(14(16)20)18-15(21)12-7-9-6-10(19)4-5-11(9)17-12/h4-8,13,17,19H,3H2,1-2H3,(H2,16,20)(H,18,21). The topological polar surface area (TPSA) is 108 Å². The molecule has 0 aliphatic rings. The van der Waals surface area contributed by atoms with E-state index >= 15 is 0 Å². The molecule has 0 spiro atoms. The fraction of sp³-hybridized carbons (Fsp3) is 0.333. The van der Waals surface area contributed by atoms with Gasteiger partial charge in [-0.25, -0.2) is 0 Å². The Morgan fingerprint density at radius 3 is 2.71 bits per heavy atom. The van der Waals surface area contributed by atoms with E-state index < -0.39 is 17.9 Å². The van der Waals surface area contributed by atoms with Crippen LogP contribution in [0.15, 0.2) is 24.3 Å². The number of primary amides is 1. The number of H-pyrrole nitrogens is 1. The number of benzene rings is 1. The lowest BCUT2D eigenvalue weighted by Gasteiger charge is -2.20. The van der Waals surface area contributed by atoms with Gasteiger partial charge in [0.05, 0.1) is 0 Å². The number of nitrogens with one attached hydrogen (secondary N) is 2. The van der Waals surface area contributed by atoms with E-state index in [1.54, 1.807) is 18.2 Å². The number of phenolic OH excluding ortho intramolecular Hbond substituents is 1. The first kappa shape index (κ1) is 14.9. The van der Waals surface area contributed by atoms with Crippen molar-refractivity contribution in [2.24, 2.45) is 11.7 Å². The van der Waals surface area contributed by atoms with Gasteiger partial charge in [0.1, 0.15) is 17.5 Å². The third-order valence-electron chi connectivity index (χ3n) is 3.66. The van der Waals surface area contributed by atoms with Gasteiger partial charge in [-0.2, -0.15) is 0 Å². The van der Waals surface area contributed by atoms with Gasteiger partial charge in [0.15, 0.2) is 0 Å². The van der Waals surface area contributed by atoms with Gasteiger partial charge in [0.25, 0.3) is 5.91 Å². The zero-order valence-corrected chi connectivity index (χ0v) is 12.0. The molecule has 2 amide bonds. The Kier molecular flexibility index (Phi) is 4.16. The largest absolute Gasteiger partial charge is 0.508 e. The maximum absolute atomic E-state index is 12.2. The van der Waals surface area contributed by atoms with Crippen molar-refractivity contribution in [1.29, 1.82) is 0 Å². The number of rotatable bonds is 5. The highest BCUT2D eigenvalue weighted by Crippen LogP contribution is 2.20. The number of hydrogen-bond acceptors (Lipinski definition) is 3. The smallest absolute Gasteiger partial charge is 0.268 e. The summed E-state index contributed by atoms with van der Waals surface area (Å²) in [4.78, 5) is 26.6. The van der Waals surface area contributed by atoms with Crippen molar-refractivity contribution < 1.29 is 14.7 Å². The first-order valence-electron chi connectivity index (χ1n) is 6.84. The fourth-order valence-electron chi connectivity index (χ4n) is 2.19.